The van der Waals surface area contributed by atoms with E-state index < -0.39 is 5.60 Å². The lowest BCUT2D eigenvalue weighted by atomic mass is 9.86. The van der Waals surface area contributed by atoms with E-state index in [2.05, 4.69) is 24.7 Å². The monoisotopic (exact) mass is 524 g/mol. The topological polar surface area (TPSA) is 95.3 Å². The van der Waals surface area contributed by atoms with Crippen LogP contribution in [-0.4, -0.2) is 47.4 Å². The van der Waals surface area contributed by atoms with Crippen LogP contribution in [0.3, 0.4) is 0 Å². The zero-order valence-electron chi connectivity index (χ0n) is 22.0. The van der Waals surface area contributed by atoms with Gasteiger partial charge < -0.3 is 9.47 Å². The SMILES string of the molecule is Cc1cc(O[C@H]2CC[C@H](c3nnc4n3-c3ccc(Cl)cc3CN(C(=O)OC(C)(C)C)C4)CC2)nc(C)n1. The van der Waals surface area contributed by atoms with Crippen LogP contribution in [0.2, 0.25) is 5.02 Å². The Labute approximate surface area is 222 Å². The second-order valence-electron chi connectivity index (χ2n) is 10.9. The number of hydrogen-bond acceptors (Lipinski definition) is 7. The summed E-state index contributed by atoms with van der Waals surface area (Å²) in [6.45, 7) is 10.1. The van der Waals surface area contributed by atoms with E-state index in [1.54, 1.807) is 4.90 Å². The number of aryl methyl sites for hydroxylation is 2. The fraction of sp³-hybridized carbons (Fsp3) is 0.519. The second kappa shape index (κ2) is 9.93. The molecule has 196 valence electrons. The average Bonchev–Trinajstić information content (AvgIpc) is 3.13. The van der Waals surface area contributed by atoms with Gasteiger partial charge in [-0.05, 0) is 84.1 Å². The molecule has 0 radical (unpaired) electrons. The van der Waals surface area contributed by atoms with Crippen LogP contribution in [0.5, 0.6) is 5.88 Å². The minimum absolute atomic E-state index is 0.102. The molecule has 1 aromatic carbocycles. The van der Waals surface area contributed by atoms with Crippen molar-refractivity contribution in [2.45, 2.75) is 91.0 Å². The minimum Gasteiger partial charge on any atom is -0.474 e. The summed E-state index contributed by atoms with van der Waals surface area (Å²) in [5, 5.41) is 9.77. The highest BCUT2D eigenvalue weighted by Crippen LogP contribution is 2.37. The van der Waals surface area contributed by atoms with Gasteiger partial charge in [0.2, 0.25) is 5.88 Å². The fourth-order valence-electron chi connectivity index (χ4n) is 5.10. The number of aromatic nitrogens is 5. The number of ether oxygens (including phenoxy) is 2. The zero-order valence-corrected chi connectivity index (χ0v) is 22.7. The highest BCUT2D eigenvalue weighted by molar-refractivity contribution is 6.30. The molecule has 0 bridgehead atoms. The largest absolute Gasteiger partial charge is 0.474 e. The first-order valence-electron chi connectivity index (χ1n) is 12.8. The third kappa shape index (κ3) is 5.71. The number of hydrogen-bond donors (Lipinski definition) is 0. The van der Waals surface area contributed by atoms with Gasteiger partial charge >= 0.3 is 6.09 Å². The maximum atomic E-state index is 13.0. The highest BCUT2D eigenvalue weighted by atomic mass is 35.5. The minimum atomic E-state index is -0.594. The molecule has 0 N–H and O–H groups in total. The molecule has 3 heterocycles. The van der Waals surface area contributed by atoms with E-state index in [9.17, 15) is 4.79 Å². The van der Waals surface area contributed by atoms with Gasteiger partial charge in [0.15, 0.2) is 5.82 Å². The van der Waals surface area contributed by atoms with Crippen molar-refractivity contribution in [3.05, 3.63) is 58.0 Å². The van der Waals surface area contributed by atoms with Crippen molar-refractivity contribution in [2.24, 2.45) is 0 Å². The van der Waals surface area contributed by atoms with Crippen LogP contribution in [0.15, 0.2) is 24.3 Å². The van der Waals surface area contributed by atoms with Crippen molar-refractivity contribution in [3.8, 4) is 11.6 Å². The molecule has 0 unspecified atom stereocenters. The number of carbonyl (C=O) groups is 1. The predicted molar refractivity (Wildman–Crippen MR) is 139 cm³/mol. The number of amides is 1. The molecule has 2 aliphatic rings. The molecule has 1 fully saturated rings. The Morgan fingerprint density at radius 3 is 2.49 bits per heavy atom. The summed E-state index contributed by atoms with van der Waals surface area (Å²) in [6, 6.07) is 7.65. The maximum absolute atomic E-state index is 13.0. The quantitative estimate of drug-likeness (QED) is 0.434. The van der Waals surface area contributed by atoms with Crippen molar-refractivity contribution < 1.29 is 14.3 Å². The first-order chi connectivity index (χ1) is 17.6. The van der Waals surface area contributed by atoms with Crippen LogP contribution in [0.1, 0.15) is 81.1 Å². The molecule has 9 nitrogen and oxygen atoms in total. The molecule has 10 heteroatoms. The molecule has 5 rings (SSSR count). The maximum Gasteiger partial charge on any atom is 0.411 e. The van der Waals surface area contributed by atoms with Crippen LogP contribution in [0, 0.1) is 13.8 Å². The van der Waals surface area contributed by atoms with Crippen LogP contribution in [0.4, 0.5) is 4.79 Å². The van der Waals surface area contributed by atoms with Crippen molar-refractivity contribution in [3.63, 3.8) is 0 Å². The summed E-state index contributed by atoms with van der Waals surface area (Å²) < 4.78 is 14.0. The fourth-order valence-corrected chi connectivity index (χ4v) is 5.29. The summed E-state index contributed by atoms with van der Waals surface area (Å²) in [6.07, 6.45) is 3.35. The number of carbonyl (C=O) groups excluding carboxylic acids is 1. The number of benzene rings is 1. The van der Waals surface area contributed by atoms with Crippen LogP contribution in [0.25, 0.3) is 5.69 Å². The normalized spacial score (nSPS) is 19.6. The number of nitrogens with zero attached hydrogens (tertiary/aromatic N) is 6. The van der Waals surface area contributed by atoms with Crippen LogP contribution < -0.4 is 4.74 Å². The molecule has 0 atom stereocenters. The predicted octanol–water partition coefficient (Wildman–Crippen LogP) is 5.68. The van der Waals surface area contributed by atoms with E-state index in [1.807, 2.05) is 58.9 Å². The van der Waals surface area contributed by atoms with Gasteiger partial charge in [-0.1, -0.05) is 11.6 Å². The van der Waals surface area contributed by atoms with Gasteiger partial charge in [0.05, 0.1) is 18.8 Å². The third-order valence-corrected chi connectivity index (χ3v) is 6.89. The molecule has 1 aliphatic heterocycles. The number of fused-ring (bicyclic) bond motifs is 3. The molecule has 1 saturated carbocycles. The lowest BCUT2D eigenvalue weighted by Crippen LogP contribution is -2.35. The van der Waals surface area contributed by atoms with E-state index in [4.69, 9.17) is 21.1 Å². The molecule has 2 aromatic heterocycles. The molecular weight excluding hydrogens is 492 g/mol. The Kier molecular flexibility index (Phi) is 6.83. The summed E-state index contributed by atoms with van der Waals surface area (Å²) in [4.78, 5) is 23.4. The van der Waals surface area contributed by atoms with Crippen molar-refractivity contribution >= 4 is 17.7 Å². The molecule has 3 aromatic rings. The molecule has 37 heavy (non-hydrogen) atoms. The lowest BCUT2D eigenvalue weighted by Gasteiger charge is -2.28. The van der Waals surface area contributed by atoms with Gasteiger partial charge in [-0.3, -0.25) is 9.47 Å². The molecular formula is C27H33ClN6O3. The van der Waals surface area contributed by atoms with Crippen LogP contribution >= 0.6 is 11.6 Å². The first kappa shape index (κ1) is 25.4. The van der Waals surface area contributed by atoms with E-state index in [0.717, 1.165) is 48.5 Å². The Bertz CT molecular complexity index is 1290. The van der Waals surface area contributed by atoms with Gasteiger partial charge in [-0.15, -0.1) is 10.2 Å². The Balaban J connectivity index is 1.38. The lowest BCUT2D eigenvalue weighted by molar-refractivity contribution is 0.0214. The number of halogens is 1. The second-order valence-corrected chi connectivity index (χ2v) is 11.3. The summed E-state index contributed by atoms with van der Waals surface area (Å²) in [5.74, 6) is 3.21. The Hall–Kier alpha value is -3.20. The molecule has 0 saturated heterocycles. The summed E-state index contributed by atoms with van der Waals surface area (Å²) in [7, 11) is 0. The molecule has 0 spiro atoms. The Morgan fingerprint density at radius 1 is 1.03 bits per heavy atom. The van der Waals surface area contributed by atoms with Crippen molar-refractivity contribution in [1.82, 2.24) is 29.6 Å². The highest BCUT2D eigenvalue weighted by Gasteiger charge is 2.33. The smallest absolute Gasteiger partial charge is 0.411 e. The van der Waals surface area contributed by atoms with Gasteiger partial charge in [0, 0.05) is 22.7 Å². The molecule has 1 aliphatic carbocycles. The van der Waals surface area contributed by atoms with Gasteiger partial charge in [0.1, 0.15) is 23.4 Å². The third-order valence-electron chi connectivity index (χ3n) is 6.65. The number of rotatable bonds is 3. The van der Waals surface area contributed by atoms with Crippen LogP contribution in [-0.2, 0) is 17.8 Å². The van der Waals surface area contributed by atoms with Crippen molar-refractivity contribution in [2.75, 3.05) is 0 Å². The standard InChI is InChI=1S/C27H33ClN6O3/c1-16-12-24(30-17(2)29-16)36-21-9-6-18(7-10-21)25-32-31-23-15-33(26(35)37-27(3,4)5)14-19-13-20(28)8-11-22(19)34(23)25/h8,11-13,18,21H,6-7,9-10,14-15H2,1-5H3/t18-,21-. The van der Waals surface area contributed by atoms with E-state index in [1.165, 1.54) is 0 Å². The zero-order chi connectivity index (χ0) is 26.3. The summed E-state index contributed by atoms with van der Waals surface area (Å²) in [5.41, 5.74) is 2.20. The molecule has 1 amide bonds. The van der Waals surface area contributed by atoms with E-state index >= 15 is 0 Å². The Morgan fingerprint density at radius 2 is 1.78 bits per heavy atom. The van der Waals surface area contributed by atoms with E-state index in [-0.39, 0.29) is 18.1 Å². The average molecular weight is 525 g/mol. The van der Waals surface area contributed by atoms with Gasteiger partial charge in [-0.2, -0.15) is 4.98 Å². The summed E-state index contributed by atoms with van der Waals surface area (Å²) >= 11 is 6.36. The first-order valence-corrected chi connectivity index (χ1v) is 13.1. The van der Waals surface area contributed by atoms with Gasteiger partial charge in [0.25, 0.3) is 0 Å². The van der Waals surface area contributed by atoms with Gasteiger partial charge in [-0.25, -0.2) is 9.78 Å². The van der Waals surface area contributed by atoms with E-state index in [0.29, 0.717) is 35.6 Å². The van der Waals surface area contributed by atoms with Crippen molar-refractivity contribution in [1.29, 1.82) is 0 Å².